The Bertz CT molecular complexity index is 245. The van der Waals surface area contributed by atoms with Crippen molar-refractivity contribution in [2.45, 2.75) is 6.42 Å². The third kappa shape index (κ3) is 1.73. The Morgan fingerprint density at radius 2 is 2.60 bits per heavy atom. The van der Waals surface area contributed by atoms with E-state index in [0.717, 1.165) is 0 Å². The van der Waals surface area contributed by atoms with Crippen LogP contribution in [0.5, 0.6) is 0 Å². The Kier molecular flexibility index (Phi) is 1.91. The molecule has 1 N–H and O–H groups in total. The van der Waals surface area contributed by atoms with Gasteiger partial charge in [0.1, 0.15) is 12.2 Å². The zero-order valence-electron chi connectivity index (χ0n) is 4.87. The van der Waals surface area contributed by atoms with Crippen LogP contribution in [0.25, 0.3) is 0 Å². The predicted molar refractivity (Wildman–Crippen MR) is 32.9 cm³/mol. The molecule has 0 spiro atoms. The lowest BCUT2D eigenvalue weighted by Gasteiger charge is -1.83. The van der Waals surface area contributed by atoms with Crippen LogP contribution in [0.3, 0.4) is 0 Å². The average Bonchev–Trinajstić information content (AvgIpc) is 2.13. The Morgan fingerprint density at radius 1 is 1.90 bits per heavy atom. The van der Waals surface area contributed by atoms with Gasteiger partial charge in [-0.2, -0.15) is 0 Å². The molecule has 0 aliphatic carbocycles. The summed E-state index contributed by atoms with van der Waals surface area (Å²) >= 11 is 5.35. The Balaban J connectivity index is 2.67. The number of carbonyl (C=O) groups is 1. The Morgan fingerprint density at radius 3 is 3.00 bits per heavy atom. The van der Waals surface area contributed by atoms with Crippen LogP contribution in [0.15, 0.2) is 10.6 Å². The number of halogens is 1. The van der Waals surface area contributed by atoms with E-state index < -0.39 is 5.97 Å². The second-order valence-electron chi connectivity index (χ2n) is 1.69. The quantitative estimate of drug-likeness (QED) is 0.702. The number of nitrogens with zero attached hydrogens (tertiary/aromatic N) is 1. The minimum absolute atomic E-state index is 0.177. The number of aliphatic carboxylic acids is 1. The second-order valence-corrected chi connectivity index (χ2v) is 2.07. The third-order valence-corrected chi connectivity index (χ3v) is 1.03. The Hall–Kier alpha value is -1.03. The minimum Gasteiger partial charge on any atom is -0.481 e. The Labute approximate surface area is 61.4 Å². The summed E-state index contributed by atoms with van der Waals surface area (Å²) in [6.07, 6.45) is -0.181. The van der Waals surface area contributed by atoms with E-state index >= 15 is 0 Å². The van der Waals surface area contributed by atoms with Crippen LogP contribution in [0.1, 0.15) is 5.76 Å². The number of aromatic nitrogens is 1. The van der Waals surface area contributed by atoms with Crippen molar-refractivity contribution < 1.29 is 14.4 Å². The molecule has 54 valence electrons. The molecule has 0 saturated heterocycles. The van der Waals surface area contributed by atoms with Crippen LogP contribution in [-0.4, -0.2) is 16.2 Å². The van der Waals surface area contributed by atoms with Gasteiger partial charge >= 0.3 is 5.97 Å². The molecule has 0 amide bonds. The largest absolute Gasteiger partial charge is 0.481 e. The zero-order valence-corrected chi connectivity index (χ0v) is 5.63. The van der Waals surface area contributed by atoms with Crippen LogP contribution in [-0.2, 0) is 11.2 Å². The molecule has 0 radical (unpaired) electrons. The van der Waals surface area contributed by atoms with E-state index in [4.69, 9.17) is 16.7 Å². The fraction of sp³-hybridized carbons (Fsp3) is 0.200. The molecule has 5 heteroatoms. The minimum atomic E-state index is -0.965. The van der Waals surface area contributed by atoms with E-state index in [9.17, 15) is 4.79 Å². The normalized spacial score (nSPS) is 9.70. The molecule has 1 heterocycles. The van der Waals surface area contributed by atoms with Gasteiger partial charge in [-0.25, -0.2) is 0 Å². The van der Waals surface area contributed by atoms with Crippen molar-refractivity contribution in [3.05, 3.63) is 17.0 Å². The van der Waals surface area contributed by atoms with Crippen LogP contribution >= 0.6 is 11.6 Å². The maximum atomic E-state index is 10.0. The first-order valence-corrected chi connectivity index (χ1v) is 2.89. The fourth-order valence-electron chi connectivity index (χ4n) is 0.520. The van der Waals surface area contributed by atoms with Gasteiger partial charge in [0.15, 0.2) is 5.15 Å². The molecule has 0 fully saturated rings. The van der Waals surface area contributed by atoms with Crippen molar-refractivity contribution in [2.24, 2.45) is 0 Å². The molecular formula is C5H4ClNO3. The van der Waals surface area contributed by atoms with Gasteiger partial charge in [-0.05, 0) is 0 Å². The second kappa shape index (κ2) is 2.70. The molecule has 0 aliphatic rings. The van der Waals surface area contributed by atoms with Gasteiger partial charge in [-0.15, -0.1) is 0 Å². The molecule has 10 heavy (non-hydrogen) atoms. The summed E-state index contributed by atoms with van der Waals surface area (Å²) in [5.74, 6) is -0.703. The van der Waals surface area contributed by atoms with Crippen LogP contribution < -0.4 is 0 Å². The molecule has 0 aliphatic heterocycles. The highest BCUT2D eigenvalue weighted by molar-refractivity contribution is 6.29. The summed E-state index contributed by atoms with van der Waals surface area (Å²) in [6, 6.07) is 1.37. The molecule has 0 bridgehead atoms. The number of hydrogen-bond donors (Lipinski definition) is 1. The monoisotopic (exact) mass is 161 g/mol. The van der Waals surface area contributed by atoms with Crippen LogP contribution in [0, 0.1) is 0 Å². The van der Waals surface area contributed by atoms with Crippen molar-refractivity contribution in [3.63, 3.8) is 0 Å². The van der Waals surface area contributed by atoms with Crippen molar-refractivity contribution in [2.75, 3.05) is 0 Å². The highest BCUT2D eigenvalue weighted by Crippen LogP contribution is 2.08. The maximum absolute atomic E-state index is 10.0. The average molecular weight is 162 g/mol. The molecule has 1 aromatic heterocycles. The molecular weight excluding hydrogens is 158 g/mol. The molecule has 4 nitrogen and oxygen atoms in total. The van der Waals surface area contributed by atoms with E-state index in [1.807, 2.05) is 0 Å². The van der Waals surface area contributed by atoms with Crippen molar-refractivity contribution in [1.29, 1.82) is 0 Å². The van der Waals surface area contributed by atoms with Crippen LogP contribution in [0.2, 0.25) is 5.15 Å². The van der Waals surface area contributed by atoms with Gasteiger partial charge in [0.05, 0.1) is 0 Å². The number of carboxylic acids is 1. The first kappa shape index (κ1) is 7.08. The third-order valence-electron chi connectivity index (χ3n) is 0.856. The van der Waals surface area contributed by atoms with Gasteiger partial charge in [0.2, 0.25) is 0 Å². The SMILES string of the molecule is O=C(O)Cc1cc(Cl)no1. The summed E-state index contributed by atoms with van der Waals surface area (Å²) in [5, 5.41) is 11.7. The lowest BCUT2D eigenvalue weighted by atomic mass is 10.3. The topological polar surface area (TPSA) is 63.3 Å². The van der Waals surface area contributed by atoms with Gasteiger partial charge in [0.25, 0.3) is 0 Å². The predicted octanol–water partition coefficient (Wildman–Crippen LogP) is 0.955. The van der Waals surface area contributed by atoms with Gasteiger partial charge in [-0.3, -0.25) is 4.79 Å². The van der Waals surface area contributed by atoms with E-state index in [1.165, 1.54) is 6.07 Å². The van der Waals surface area contributed by atoms with E-state index in [2.05, 4.69) is 9.68 Å². The van der Waals surface area contributed by atoms with E-state index in [0.29, 0.717) is 0 Å². The lowest BCUT2D eigenvalue weighted by molar-refractivity contribution is -0.136. The summed E-state index contributed by atoms with van der Waals surface area (Å²) < 4.78 is 4.51. The van der Waals surface area contributed by atoms with E-state index in [-0.39, 0.29) is 17.3 Å². The standard InChI is InChI=1S/C5H4ClNO3/c6-4-1-3(10-7-4)2-5(8)9/h1H,2H2,(H,8,9). The van der Waals surface area contributed by atoms with Crippen LogP contribution in [0.4, 0.5) is 0 Å². The first-order chi connectivity index (χ1) is 4.68. The van der Waals surface area contributed by atoms with Crippen molar-refractivity contribution >= 4 is 17.6 Å². The molecule has 1 aromatic rings. The summed E-state index contributed by atoms with van der Waals surface area (Å²) in [6.45, 7) is 0. The number of rotatable bonds is 2. The van der Waals surface area contributed by atoms with Gasteiger partial charge < -0.3 is 9.63 Å². The smallest absolute Gasteiger partial charge is 0.311 e. The fourth-order valence-corrected chi connectivity index (χ4v) is 0.676. The highest BCUT2D eigenvalue weighted by atomic mass is 35.5. The van der Waals surface area contributed by atoms with Gasteiger partial charge in [0, 0.05) is 6.07 Å². The maximum Gasteiger partial charge on any atom is 0.311 e. The van der Waals surface area contributed by atoms with Gasteiger partial charge in [-0.1, -0.05) is 16.8 Å². The number of hydrogen-bond acceptors (Lipinski definition) is 3. The zero-order chi connectivity index (χ0) is 7.56. The van der Waals surface area contributed by atoms with Crippen molar-refractivity contribution in [1.82, 2.24) is 5.16 Å². The molecule has 1 rings (SSSR count). The van der Waals surface area contributed by atoms with Crippen molar-refractivity contribution in [3.8, 4) is 0 Å². The highest BCUT2D eigenvalue weighted by Gasteiger charge is 2.05. The van der Waals surface area contributed by atoms with E-state index in [1.54, 1.807) is 0 Å². The molecule has 0 unspecified atom stereocenters. The molecule has 0 aromatic carbocycles. The summed E-state index contributed by atoms with van der Waals surface area (Å²) in [7, 11) is 0. The number of carboxylic acid groups (broad SMARTS) is 1. The lowest BCUT2D eigenvalue weighted by Crippen LogP contribution is -1.97. The molecule has 0 saturated carbocycles. The summed E-state index contributed by atoms with van der Waals surface area (Å²) in [4.78, 5) is 10.0. The first-order valence-electron chi connectivity index (χ1n) is 2.51. The summed E-state index contributed by atoms with van der Waals surface area (Å²) in [5.41, 5.74) is 0. The molecule has 0 atom stereocenters.